The van der Waals surface area contributed by atoms with Crippen molar-refractivity contribution in [1.82, 2.24) is 4.98 Å². The van der Waals surface area contributed by atoms with Gasteiger partial charge in [0.1, 0.15) is 16.6 Å². The second kappa shape index (κ2) is 3.86. The summed E-state index contributed by atoms with van der Waals surface area (Å²) in [5.41, 5.74) is 6.35. The van der Waals surface area contributed by atoms with Crippen molar-refractivity contribution in [3.8, 4) is 10.9 Å². The zero-order valence-electron chi connectivity index (χ0n) is 8.03. The summed E-state index contributed by atoms with van der Waals surface area (Å²) in [6.07, 6.45) is 0. The molecular weight excluding hydrogens is 215 g/mol. The fourth-order valence-corrected chi connectivity index (χ4v) is 1.76. The average molecular weight is 224 g/mol. The molecule has 2 rings (SSSR count). The van der Waals surface area contributed by atoms with Crippen LogP contribution in [-0.2, 0) is 0 Å². The van der Waals surface area contributed by atoms with Crippen LogP contribution in [0.2, 0.25) is 0 Å². The van der Waals surface area contributed by atoms with Crippen LogP contribution in [0.25, 0.3) is 0 Å². The Labute approximate surface area is 90.3 Å². The summed E-state index contributed by atoms with van der Waals surface area (Å²) in [7, 11) is 0. The first-order chi connectivity index (χ1) is 7.15. The maximum atomic E-state index is 12.8. The summed E-state index contributed by atoms with van der Waals surface area (Å²) in [5.74, 6) is 0.0810. The molecule has 0 amide bonds. The zero-order chi connectivity index (χ0) is 10.8. The van der Waals surface area contributed by atoms with Crippen LogP contribution < -0.4 is 10.5 Å². The van der Waals surface area contributed by atoms with Crippen molar-refractivity contribution < 1.29 is 9.13 Å². The minimum absolute atomic E-state index is 0.339. The standard InChI is InChI=1S/C10H9FN2OS/c1-6-9(12)15-10(13-6)14-8-4-2-3-7(11)5-8/h2-5H,12H2,1H3. The molecule has 78 valence electrons. The first kappa shape index (κ1) is 9.92. The minimum Gasteiger partial charge on any atom is -0.431 e. The van der Waals surface area contributed by atoms with Gasteiger partial charge in [-0.25, -0.2) is 9.37 Å². The molecular formula is C10H9FN2OS. The number of hydrogen-bond acceptors (Lipinski definition) is 4. The quantitative estimate of drug-likeness (QED) is 0.853. The van der Waals surface area contributed by atoms with Crippen molar-refractivity contribution in [2.45, 2.75) is 6.92 Å². The molecule has 1 aromatic carbocycles. The summed E-state index contributed by atoms with van der Waals surface area (Å²) in [6.45, 7) is 1.80. The summed E-state index contributed by atoms with van der Waals surface area (Å²) in [5, 5.41) is 1.04. The molecule has 0 aliphatic carbocycles. The maximum Gasteiger partial charge on any atom is 0.280 e. The number of halogens is 1. The van der Waals surface area contributed by atoms with Crippen LogP contribution in [-0.4, -0.2) is 4.98 Å². The Hall–Kier alpha value is -1.62. The maximum absolute atomic E-state index is 12.8. The lowest BCUT2D eigenvalue weighted by Crippen LogP contribution is -1.84. The molecule has 2 N–H and O–H groups in total. The lowest BCUT2D eigenvalue weighted by molar-refractivity contribution is 0.472. The fraction of sp³-hybridized carbons (Fsp3) is 0.100. The third-order valence-electron chi connectivity index (χ3n) is 1.81. The van der Waals surface area contributed by atoms with Crippen LogP contribution in [0.3, 0.4) is 0 Å². The van der Waals surface area contributed by atoms with Crippen LogP contribution in [0.1, 0.15) is 5.69 Å². The van der Waals surface area contributed by atoms with Gasteiger partial charge < -0.3 is 10.5 Å². The molecule has 0 aliphatic heterocycles. The van der Waals surface area contributed by atoms with Crippen molar-refractivity contribution in [3.05, 3.63) is 35.8 Å². The van der Waals surface area contributed by atoms with Crippen molar-refractivity contribution in [2.24, 2.45) is 0 Å². The van der Waals surface area contributed by atoms with Gasteiger partial charge in [-0.2, -0.15) is 0 Å². The summed E-state index contributed by atoms with van der Waals surface area (Å²) in [4.78, 5) is 4.08. The molecule has 0 saturated carbocycles. The molecule has 5 heteroatoms. The Morgan fingerprint density at radius 1 is 1.47 bits per heavy atom. The van der Waals surface area contributed by atoms with Gasteiger partial charge >= 0.3 is 0 Å². The van der Waals surface area contributed by atoms with Crippen LogP contribution in [0, 0.1) is 12.7 Å². The van der Waals surface area contributed by atoms with Gasteiger partial charge in [-0.1, -0.05) is 17.4 Å². The number of thiazole rings is 1. The fourth-order valence-electron chi connectivity index (χ4n) is 1.06. The highest BCUT2D eigenvalue weighted by Crippen LogP contribution is 2.30. The van der Waals surface area contributed by atoms with E-state index in [9.17, 15) is 4.39 Å². The van der Waals surface area contributed by atoms with Crippen molar-refractivity contribution in [1.29, 1.82) is 0 Å². The van der Waals surface area contributed by atoms with E-state index in [4.69, 9.17) is 10.5 Å². The van der Waals surface area contributed by atoms with Crippen molar-refractivity contribution in [2.75, 3.05) is 5.73 Å². The Balaban J connectivity index is 2.22. The van der Waals surface area contributed by atoms with E-state index in [-0.39, 0.29) is 5.82 Å². The number of aromatic nitrogens is 1. The number of anilines is 1. The van der Waals surface area contributed by atoms with E-state index < -0.39 is 0 Å². The molecule has 0 bridgehead atoms. The van der Waals surface area contributed by atoms with Gasteiger partial charge in [0.15, 0.2) is 0 Å². The average Bonchev–Trinajstić information content (AvgIpc) is 2.45. The Morgan fingerprint density at radius 2 is 2.27 bits per heavy atom. The molecule has 1 aromatic heterocycles. The van der Waals surface area contributed by atoms with Gasteiger partial charge in [-0.3, -0.25) is 0 Å². The number of aryl methyl sites for hydroxylation is 1. The summed E-state index contributed by atoms with van der Waals surface area (Å²) >= 11 is 1.24. The Kier molecular flexibility index (Phi) is 2.55. The number of rotatable bonds is 2. The smallest absolute Gasteiger partial charge is 0.280 e. The number of hydrogen-bond donors (Lipinski definition) is 1. The highest BCUT2D eigenvalue weighted by atomic mass is 32.1. The van der Waals surface area contributed by atoms with E-state index in [1.54, 1.807) is 19.1 Å². The number of nitrogen functional groups attached to an aromatic ring is 1. The predicted molar refractivity (Wildman–Crippen MR) is 57.7 cm³/mol. The zero-order valence-corrected chi connectivity index (χ0v) is 8.84. The van der Waals surface area contributed by atoms with Gasteiger partial charge in [0, 0.05) is 6.07 Å². The van der Waals surface area contributed by atoms with E-state index in [2.05, 4.69) is 4.98 Å². The molecule has 0 unspecified atom stereocenters. The molecule has 3 nitrogen and oxygen atoms in total. The van der Waals surface area contributed by atoms with Gasteiger partial charge in [0.2, 0.25) is 0 Å². The van der Waals surface area contributed by atoms with Crippen molar-refractivity contribution in [3.63, 3.8) is 0 Å². The monoisotopic (exact) mass is 224 g/mol. The third-order valence-corrected chi connectivity index (χ3v) is 2.68. The second-order valence-corrected chi connectivity index (χ2v) is 3.98. The van der Waals surface area contributed by atoms with Crippen LogP contribution in [0.15, 0.2) is 24.3 Å². The van der Waals surface area contributed by atoms with Crippen molar-refractivity contribution >= 4 is 16.3 Å². The SMILES string of the molecule is Cc1nc(Oc2cccc(F)c2)sc1N. The minimum atomic E-state index is -0.339. The topological polar surface area (TPSA) is 48.1 Å². The molecule has 0 fully saturated rings. The molecule has 0 saturated heterocycles. The van der Waals surface area contributed by atoms with Gasteiger partial charge in [-0.15, -0.1) is 0 Å². The largest absolute Gasteiger partial charge is 0.431 e. The third kappa shape index (κ3) is 2.24. The van der Waals surface area contributed by atoms with E-state index >= 15 is 0 Å². The molecule has 0 aliphatic rings. The number of benzene rings is 1. The molecule has 1 heterocycles. The molecule has 0 radical (unpaired) electrons. The number of ether oxygens (including phenoxy) is 1. The molecule has 0 atom stereocenters. The van der Waals surface area contributed by atoms with Crippen LogP contribution in [0.5, 0.6) is 10.9 Å². The first-order valence-corrected chi connectivity index (χ1v) is 5.13. The van der Waals surface area contributed by atoms with E-state index in [0.717, 1.165) is 5.69 Å². The summed E-state index contributed by atoms with van der Waals surface area (Å²) in [6, 6.07) is 5.89. The van der Waals surface area contributed by atoms with Gasteiger partial charge in [0.05, 0.1) is 5.69 Å². The van der Waals surface area contributed by atoms with E-state index in [0.29, 0.717) is 15.9 Å². The second-order valence-electron chi connectivity index (χ2n) is 2.99. The van der Waals surface area contributed by atoms with Crippen LogP contribution in [0.4, 0.5) is 9.39 Å². The lowest BCUT2D eigenvalue weighted by Gasteiger charge is -2.00. The van der Waals surface area contributed by atoms with Gasteiger partial charge in [0.25, 0.3) is 5.19 Å². The molecule has 15 heavy (non-hydrogen) atoms. The Bertz CT molecular complexity index is 465. The van der Waals surface area contributed by atoms with E-state index in [1.807, 2.05) is 0 Å². The molecule has 0 spiro atoms. The summed E-state index contributed by atoms with van der Waals surface area (Å²) < 4.78 is 18.2. The van der Waals surface area contributed by atoms with Crippen LogP contribution >= 0.6 is 11.3 Å². The highest BCUT2D eigenvalue weighted by molar-refractivity contribution is 7.17. The number of nitrogens with zero attached hydrogens (tertiary/aromatic N) is 1. The predicted octanol–water partition coefficient (Wildman–Crippen LogP) is 2.97. The first-order valence-electron chi connectivity index (χ1n) is 4.31. The normalized spacial score (nSPS) is 10.3. The highest BCUT2D eigenvalue weighted by Gasteiger charge is 2.06. The van der Waals surface area contributed by atoms with E-state index in [1.165, 1.54) is 23.5 Å². The number of nitrogens with two attached hydrogens (primary N) is 1. The molecule has 2 aromatic rings. The van der Waals surface area contributed by atoms with Gasteiger partial charge in [-0.05, 0) is 19.1 Å². The Morgan fingerprint density at radius 3 is 2.87 bits per heavy atom. The lowest BCUT2D eigenvalue weighted by atomic mass is 10.3.